The highest BCUT2D eigenvalue weighted by Gasteiger charge is 2.46. The van der Waals surface area contributed by atoms with Crippen LogP contribution in [0.1, 0.15) is 23.0 Å². The Kier molecular flexibility index (Phi) is 5.50. The van der Waals surface area contributed by atoms with E-state index in [0.29, 0.717) is 5.69 Å². The molecule has 1 aromatic heterocycles. The van der Waals surface area contributed by atoms with Crippen molar-refractivity contribution < 1.29 is 26.0 Å². The molecule has 0 aliphatic carbocycles. The number of benzene rings is 2. The van der Waals surface area contributed by atoms with Crippen LogP contribution in [0.15, 0.2) is 59.5 Å². The van der Waals surface area contributed by atoms with E-state index < -0.39 is 33.0 Å². The van der Waals surface area contributed by atoms with Crippen LogP contribution in [0, 0.1) is 19.7 Å². The van der Waals surface area contributed by atoms with E-state index in [9.17, 15) is 26.0 Å². The van der Waals surface area contributed by atoms with E-state index in [0.717, 1.165) is 12.1 Å². The molecule has 29 heavy (non-hydrogen) atoms. The summed E-state index contributed by atoms with van der Waals surface area (Å²) in [6.07, 6.45) is -4.97. The van der Waals surface area contributed by atoms with E-state index in [2.05, 4.69) is 5.10 Å². The summed E-state index contributed by atoms with van der Waals surface area (Å²) in [6.45, 7) is 2.77. The van der Waals surface area contributed by atoms with E-state index in [1.54, 1.807) is 35.1 Å². The number of hydrogen-bond donors (Lipinski definition) is 1. The molecule has 10 heteroatoms. The smallest absolute Gasteiger partial charge is 0.237 e. The Hall–Kier alpha value is -2.72. The molecule has 1 atom stereocenters. The lowest BCUT2D eigenvalue weighted by atomic mass is 10.1. The van der Waals surface area contributed by atoms with Gasteiger partial charge in [-0.1, -0.05) is 30.3 Å². The summed E-state index contributed by atoms with van der Waals surface area (Å²) in [6, 6.07) is 10.1. The molecule has 1 N–H and O–H groups in total. The van der Waals surface area contributed by atoms with Gasteiger partial charge in [0.2, 0.25) is 10.0 Å². The van der Waals surface area contributed by atoms with E-state index in [1.165, 1.54) is 30.7 Å². The Morgan fingerprint density at radius 2 is 1.59 bits per heavy atom. The Balaban J connectivity index is 2.10. The average Bonchev–Trinajstić information content (AvgIpc) is 2.94. The predicted molar refractivity (Wildman–Crippen MR) is 98.6 cm³/mol. The highest BCUT2D eigenvalue weighted by molar-refractivity contribution is 7.89. The molecule has 0 radical (unpaired) electrons. The van der Waals surface area contributed by atoms with Gasteiger partial charge < -0.3 is 0 Å². The van der Waals surface area contributed by atoms with Crippen LogP contribution in [-0.4, -0.2) is 24.4 Å². The molecule has 0 saturated heterocycles. The third-order valence-electron chi connectivity index (χ3n) is 4.36. The number of rotatable bonds is 5. The summed E-state index contributed by atoms with van der Waals surface area (Å²) in [7, 11) is -4.79. The standard InChI is InChI=1S/C19H17F4N3O2S/c1-12-17(13(2)26(24-12)14-8-4-3-5-9-14)18(19(21,22)23)25-29(27,28)16-11-7-6-10-15(16)20/h3-11,18,25H,1-2H3. The third-order valence-corrected chi connectivity index (χ3v) is 5.82. The summed E-state index contributed by atoms with van der Waals surface area (Å²) < 4.78 is 83.4. The lowest BCUT2D eigenvalue weighted by molar-refractivity contribution is -0.153. The maximum absolute atomic E-state index is 13.9. The Morgan fingerprint density at radius 3 is 2.17 bits per heavy atom. The van der Waals surface area contributed by atoms with Gasteiger partial charge in [-0.2, -0.15) is 23.0 Å². The van der Waals surface area contributed by atoms with Crippen molar-refractivity contribution in [2.45, 2.75) is 31.0 Å². The molecule has 3 aromatic rings. The first-order valence-electron chi connectivity index (χ1n) is 8.47. The van der Waals surface area contributed by atoms with Gasteiger partial charge in [-0.05, 0) is 38.1 Å². The monoisotopic (exact) mass is 427 g/mol. The van der Waals surface area contributed by atoms with Crippen molar-refractivity contribution in [2.24, 2.45) is 0 Å². The van der Waals surface area contributed by atoms with Crippen LogP contribution >= 0.6 is 0 Å². The van der Waals surface area contributed by atoms with Gasteiger partial charge in [0.1, 0.15) is 16.8 Å². The van der Waals surface area contributed by atoms with E-state index in [1.807, 2.05) is 0 Å². The highest BCUT2D eigenvalue weighted by atomic mass is 32.2. The molecule has 0 saturated carbocycles. The first-order valence-corrected chi connectivity index (χ1v) is 9.96. The number of aryl methyl sites for hydroxylation is 1. The molecule has 2 aromatic carbocycles. The summed E-state index contributed by atoms with van der Waals surface area (Å²) in [4.78, 5) is -0.861. The molecule has 1 unspecified atom stereocenters. The van der Waals surface area contributed by atoms with Gasteiger partial charge in [-0.3, -0.25) is 0 Å². The van der Waals surface area contributed by atoms with Crippen molar-refractivity contribution in [2.75, 3.05) is 0 Å². The van der Waals surface area contributed by atoms with E-state index in [4.69, 9.17) is 0 Å². The van der Waals surface area contributed by atoms with Gasteiger partial charge in [-0.25, -0.2) is 17.5 Å². The molecule has 0 bridgehead atoms. The van der Waals surface area contributed by atoms with Gasteiger partial charge in [0.25, 0.3) is 0 Å². The van der Waals surface area contributed by atoms with Crippen molar-refractivity contribution >= 4 is 10.0 Å². The molecule has 0 aliphatic heterocycles. The minimum Gasteiger partial charge on any atom is -0.237 e. The number of sulfonamides is 1. The van der Waals surface area contributed by atoms with E-state index >= 15 is 0 Å². The van der Waals surface area contributed by atoms with Crippen LogP contribution in [0.4, 0.5) is 17.6 Å². The zero-order valence-electron chi connectivity index (χ0n) is 15.4. The molecule has 154 valence electrons. The molecule has 3 rings (SSSR count). The van der Waals surface area contributed by atoms with Gasteiger partial charge >= 0.3 is 6.18 Å². The number of hydrogen-bond acceptors (Lipinski definition) is 3. The fraction of sp³-hybridized carbons (Fsp3) is 0.211. The minimum atomic E-state index is -4.97. The summed E-state index contributed by atoms with van der Waals surface area (Å²) in [5.41, 5.74) is 0.315. The Labute approximate surface area is 165 Å². The number of para-hydroxylation sites is 1. The SMILES string of the molecule is Cc1nn(-c2ccccc2)c(C)c1C(NS(=O)(=O)c1ccccc1F)C(F)(F)F. The van der Waals surface area contributed by atoms with Crippen molar-refractivity contribution in [1.29, 1.82) is 0 Å². The first kappa shape index (κ1) is 21.0. The molecule has 0 aliphatic rings. The fourth-order valence-electron chi connectivity index (χ4n) is 3.06. The first-order chi connectivity index (χ1) is 13.5. The Bertz CT molecular complexity index is 1130. The van der Waals surface area contributed by atoms with Crippen LogP contribution in [0.5, 0.6) is 0 Å². The Morgan fingerprint density at radius 1 is 1.00 bits per heavy atom. The summed E-state index contributed by atoms with van der Waals surface area (Å²) in [5.74, 6) is -1.14. The van der Waals surface area contributed by atoms with Gasteiger partial charge in [0.05, 0.1) is 11.4 Å². The molecular weight excluding hydrogens is 410 g/mol. The van der Waals surface area contributed by atoms with Crippen molar-refractivity contribution in [3.8, 4) is 5.69 Å². The number of aromatic nitrogens is 2. The van der Waals surface area contributed by atoms with Gasteiger partial charge in [-0.15, -0.1) is 0 Å². The number of alkyl halides is 3. The molecule has 5 nitrogen and oxygen atoms in total. The number of halogens is 4. The van der Waals surface area contributed by atoms with Crippen molar-refractivity contribution in [3.63, 3.8) is 0 Å². The molecular formula is C19H17F4N3O2S. The average molecular weight is 427 g/mol. The normalized spacial score (nSPS) is 13.4. The van der Waals surface area contributed by atoms with Crippen LogP contribution in [-0.2, 0) is 10.0 Å². The van der Waals surface area contributed by atoms with Crippen molar-refractivity contribution in [1.82, 2.24) is 14.5 Å². The van der Waals surface area contributed by atoms with Gasteiger partial charge in [0.15, 0.2) is 0 Å². The van der Waals surface area contributed by atoms with Crippen LogP contribution in [0.3, 0.4) is 0 Å². The lowest BCUT2D eigenvalue weighted by Gasteiger charge is -2.22. The van der Waals surface area contributed by atoms with Crippen LogP contribution in [0.25, 0.3) is 5.69 Å². The second kappa shape index (κ2) is 7.60. The quantitative estimate of drug-likeness (QED) is 0.621. The summed E-state index contributed by atoms with van der Waals surface area (Å²) >= 11 is 0. The molecule has 0 fully saturated rings. The fourth-order valence-corrected chi connectivity index (χ4v) is 4.34. The second-order valence-electron chi connectivity index (χ2n) is 6.36. The zero-order chi connectivity index (χ0) is 21.4. The largest absolute Gasteiger partial charge is 0.409 e. The number of nitrogens with zero attached hydrogens (tertiary/aromatic N) is 2. The maximum Gasteiger partial charge on any atom is 0.409 e. The lowest BCUT2D eigenvalue weighted by Crippen LogP contribution is -2.39. The third kappa shape index (κ3) is 4.18. The molecule has 0 spiro atoms. The molecule has 1 heterocycles. The van der Waals surface area contributed by atoms with Crippen molar-refractivity contribution in [3.05, 3.63) is 77.4 Å². The van der Waals surface area contributed by atoms with Crippen LogP contribution < -0.4 is 4.72 Å². The molecule has 0 amide bonds. The van der Waals surface area contributed by atoms with Gasteiger partial charge in [0, 0.05) is 11.3 Å². The maximum atomic E-state index is 13.9. The van der Waals surface area contributed by atoms with Crippen LogP contribution in [0.2, 0.25) is 0 Å². The predicted octanol–water partition coefficient (Wildman–Crippen LogP) is 4.21. The topological polar surface area (TPSA) is 64.0 Å². The summed E-state index contributed by atoms with van der Waals surface area (Å²) in [5, 5.41) is 4.14. The zero-order valence-corrected chi connectivity index (χ0v) is 16.2. The highest BCUT2D eigenvalue weighted by Crippen LogP contribution is 2.37. The van der Waals surface area contributed by atoms with E-state index in [-0.39, 0.29) is 17.0 Å². The second-order valence-corrected chi connectivity index (χ2v) is 8.04. The minimum absolute atomic E-state index is 0.00455. The number of nitrogens with one attached hydrogen (secondary N) is 1.